The molecule has 3 atom stereocenters. The number of carbonyl (C=O) groups excluding carboxylic acids is 3. The predicted molar refractivity (Wildman–Crippen MR) is 144 cm³/mol. The number of allylic oxidation sites excluding steroid dienone is 1. The molecule has 2 heterocycles. The first-order valence-corrected chi connectivity index (χ1v) is 13.4. The molecular weight excluding hydrogens is 500 g/mol. The van der Waals surface area contributed by atoms with Crippen LogP contribution in [0.3, 0.4) is 0 Å². The Labute approximate surface area is 227 Å². The van der Waals surface area contributed by atoms with Gasteiger partial charge in [-0.1, -0.05) is 50.1 Å². The zero-order chi connectivity index (χ0) is 27.8. The van der Waals surface area contributed by atoms with Crippen molar-refractivity contribution in [3.63, 3.8) is 0 Å². The van der Waals surface area contributed by atoms with E-state index in [4.69, 9.17) is 14.2 Å². The number of nitrogens with one attached hydrogen (secondary N) is 1. The summed E-state index contributed by atoms with van der Waals surface area (Å²) in [6.45, 7) is 4.07. The van der Waals surface area contributed by atoms with E-state index in [9.17, 15) is 19.2 Å². The molecular formula is C30H34N2O7. The van der Waals surface area contributed by atoms with Crippen molar-refractivity contribution in [3.8, 4) is 0 Å². The number of amides is 1. The summed E-state index contributed by atoms with van der Waals surface area (Å²) in [5.74, 6) is -0.244. The van der Waals surface area contributed by atoms with Gasteiger partial charge in [-0.15, -0.1) is 0 Å². The third-order valence-electron chi connectivity index (χ3n) is 6.87. The molecule has 1 saturated heterocycles. The summed E-state index contributed by atoms with van der Waals surface area (Å²) in [5, 5.41) is 3.02. The highest BCUT2D eigenvalue weighted by Crippen LogP contribution is 2.32. The lowest BCUT2D eigenvalue weighted by atomic mass is 9.89. The highest BCUT2D eigenvalue weighted by atomic mass is 16.7. The molecule has 1 N–H and O–H groups in total. The van der Waals surface area contributed by atoms with Gasteiger partial charge in [0.15, 0.2) is 17.3 Å². The van der Waals surface area contributed by atoms with Gasteiger partial charge in [0.05, 0.1) is 18.6 Å². The summed E-state index contributed by atoms with van der Waals surface area (Å²) in [6.07, 6.45) is 7.67. The van der Waals surface area contributed by atoms with Gasteiger partial charge >= 0.3 is 5.97 Å². The van der Waals surface area contributed by atoms with E-state index in [2.05, 4.69) is 5.32 Å². The van der Waals surface area contributed by atoms with Crippen LogP contribution in [-0.4, -0.2) is 41.7 Å². The molecule has 1 amide bonds. The molecule has 2 aliphatic rings. The van der Waals surface area contributed by atoms with Crippen molar-refractivity contribution in [1.82, 2.24) is 9.88 Å². The maximum Gasteiger partial charge on any atom is 0.307 e. The lowest BCUT2D eigenvalue weighted by Gasteiger charge is -2.29. The van der Waals surface area contributed by atoms with E-state index < -0.39 is 35.3 Å². The lowest BCUT2D eigenvalue weighted by molar-refractivity contribution is -0.144. The van der Waals surface area contributed by atoms with E-state index in [1.807, 2.05) is 19.1 Å². The molecule has 1 unspecified atom stereocenters. The fourth-order valence-electron chi connectivity index (χ4n) is 4.83. The summed E-state index contributed by atoms with van der Waals surface area (Å²) < 4.78 is 17.4. The number of pyridine rings is 1. The first kappa shape index (κ1) is 27.9. The maximum atomic E-state index is 13.8. The van der Waals surface area contributed by atoms with E-state index in [1.165, 1.54) is 16.8 Å². The standard InChI is InChI=1S/C30H34N2O7/c1-3-5-13-24(32-16-9-12-22(30(32)36)28(34)20-10-7-6-8-11-20)29(35)31-23(18-27(33)37-4-2)21-14-15-25-26(17-21)39-19-38-25/h6-12,15-17,21,23-24H,3-5,13-14,18-19H2,1-2H3,(H,31,35)/t21?,23-,24-/m0/s1. The maximum absolute atomic E-state index is 13.8. The SMILES string of the molecule is CCCC[C@@H](C(=O)N[C@@H](CC(=O)OCC)C1C=C2OCOC2=CC1)n1cccc(C(=O)c2ccccc2)c1=O. The number of nitrogens with zero attached hydrogens (tertiary/aromatic N) is 1. The van der Waals surface area contributed by atoms with Crippen LogP contribution in [-0.2, 0) is 23.8 Å². The number of hydrogen-bond acceptors (Lipinski definition) is 7. The second kappa shape index (κ2) is 13.1. The minimum absolute atomic E-state index is 0.00543. The number of hydrogen-bond donors (Lipinski definition) is 1. The minimum Gasteiger partial charge on any atom is -0.466 e. The Kier molecular flexibility index (Phi) is 9.35. The molecule has 9 heteroatoms. The van der Waals surface area contributed by atoms with Crippen molar-refractivity contribution in [3.05, 3.63) is 93.8 Å². The average molecular weight is 535 g/mol. The molecule has 0 saturated carbocycles. The number of fused-ring (bicyclic) bond motifs is 1. The van der Waals surface area contributed by atoms with Gasteiger partial charge in [0.25, 0.3) is 5.56 Å². The van der Waals surface area contributed by atoms with Crippen molar-refractivity contribution < 1.29 is 28.6 Å². The molecule has 1 fully saturated rings. The highest BCUT2D eigenvalue weighted by Gasteiger charge is 2.33. The summed E-state index contributed by atoms with van der Waals surface area (Å²) in [4.78, 5) is 52.8. The fourth-order valence-corrected chi connectivity index (χ4v) is 4.83. The second-order valence-corrected chi connectivity index (χ2v) is 9.52. The number of esters is 1. The van der Waals surface area contributed by atoms with Crippen LogP contribution in [0.2, 0.25) is 0 Å². The van der Waals surface area contributed by atoms with Crippen LogP contribution in [0.5, 0.6) is 0 Å². The number of aromatic nitrogens is 1. The first-order valence-electron chi connectivity index (χ1n) is 13.4. The Morgan fingerprint density at radius 3 is 2.59 bits per heavy atom. The monoisotopic (exact) mass is 534 g/mol. The van der Waals surface area contributed by atoms with E-state index in [-0.39, 0.29) is 31.3 Å². The number of ether oxygens (including phenoxy) is 3. The van der Waals surface area contributed by atoms with Crippen molar-refractivity contribution in [2.24, 2.45) is 5.92 Å². The van der Waals surface area contributed by atoms with Gasteiger partial charge < -0.3 is 24.1 Å². The molecule has 39 heavy (non-hydrogen) atoms. The second-order valence-electron chi connectivity index (χ2n) is 9.52. The molecule has 1 aromatic heterocycles. The zero-order valence-corrected chi connectivity index (χ0v) is 22.3. The van der Waals surface area contributed by atoms with Gasteiger partial charge in [0, 0.05) is 23.7 Å². The van der Waals surface area contributed by atoms with Crippen LogP contribution in [0.25, 0.3) is 0 Å². The number of rotatable bonds is 12. The average Bonchev–Trinajstić information content (AvgIpc) is 3.42. The highest BCUT2D eigenvalue weighted by molar-refractivity contribution is 6.08. The van der Waals surface area contributed by atoms with E-state index in [0.717, 1.165) is 6.42 Å². The van der Waals surface area contributed by atoms with Crippen LogP contribution in [0.4, 0.5) is 0 Å². The van der Waals surface area contributed by atoms with Crippen molar-refractivity contribution in [1.29, 1.82) is 0 Å². The summed E-state index contributed by atoms with van der Waals surface area (Å²) in [5.41, 5.74) is -0.144. The van der Waals surface area contributed by atoms with Crippen LogP contribution in [0.15, 0.2) is 77.1 Å². The molecule has 206 valence electrons. The van der Waals surface area contributed by atoms with E-state index in [0.29, 0.717) is 36.3 Å². The van der Waals surface area contributed by atoms with Crippen LogP contribution in [0, 0.1) is 5.92 Å². The Hall–Kier alpha value is -4.14. The lowest BCUT2D eigenvalue weighted by Crippen LogP contribution is -2.46. The fraction of sp³-hybridized carbons (Fsp3) is 0.400. The number of unbranched alkanes of at least 4 members (excludes halogenated alkanes) is 1. The Bertz CT molecular complexity index is 1310. The Morgan fingerprint density at radius 1 is 1.08 bits per heavy atom. The van der Waals surface area contributed by atoms with E-state index >= 15 is 0 Å². The Balaban J connectivity index is 1.62. The van der Waals surface area contributed by atoms with Crippen molar-refractivity contribution >= 4 is 17.7 Å². The molecule has 2 aromatic rings. The van der Waals surface area contributed by atoms with Gasteiger partial charge in [-0.3, -0.25) is 19.2 Å². The molecule has 4 rings (SSSR count). The molecule has 0 spiro atoms. The molecule has 0 radical (unpaired) electrons. The Morgan fingerprint density at radius 2 is 1.85 bits per heavy atom. The number of benzene rings is 1. The van der Waals surface area contributed by atoms with Gasteiger partial charge in [0.2, 0.25) is 12.7 Å². The summed E-state index contributed by atoms with van der Waals surface area (Å²) in [6, 6.07) is 10.2. The molecule has 1 aliphatic carbocycles. The zero-order valence-electron chi connectivity index (χ0n) is 22.3. The van der Waals surface area contributed by atoms with Crippen molar-refractivity contribution in [2.45, 2.75) is 58.0 Å². The van der Waals surface area contributed by atoms with Gasteiger partial charge in [-0.2, -0.15) is 0 Å². The van der Waals surface area contributed by atoms with E-state index in [1.54, 1.807) is 43.3 Å². The topological polar surface area (TPSA) is 113 Å². The summed E-state index contributed by atoms with van der Waals surface area (Å²) in [7, 11) is 0. The van der Waals surface area contributed by atoms with Crippen LogP contribution in [0.1, 0.15) is 67.9 Å². The van der Waals surface area contributed by atoms with Crippen LogP contribution >= 0.6 is 0 Å². The smallest absolute Gasteiger partial charge is 0.307 e. The predicted octanol–water partition coefficient (Wildman–Crippen LogP) is 4.04. The summed E-state index contributed by atoms with van der Waals surface area (Å²) >= 11 is 0. The number of carbonyl (C=O) groups is 3. The van der Waals surface area contributed by atoms with Gasteiger partial charge in [-0.05, 0) is 44.1 Å². The quantitative estimate of drug-likeness (QED) is 0.323. The third-order valence-corrected chi connectivity index (χ3v) is 6.87. The largest absolute Gasteiger partial charge is 0.466 e. The first-order chi connectivity index (χ1) is 18.9. The molecule has 1 aromatic carbocycles. The van der Waals surface area contributed by atoms with Gasteiger partial charge in [0.1, 0.15) is 6.04 Å². The van der Waals surface area contributed by atoms with Gasteiger partial charge in [-0.25, -0.2) is 0 Å². The third kappa shape index (κ3) is 6.66. The molecule has 1 aliphatic heterocycles. The molecule has 0 bridgehead atoms. The van der Waals surface area contributed by atoms with Crippen LogP contribution < -0.4 is 10.9 Å². The molecule has 9 nitrogen and oxygen atoms in total. The minimum atomic E-state index is -0.862. The normalized spacial score (nSPS) is 17.4. The number of ketones is 1. The van der Waals surface area contributed by atoms with Crippen molar-refractivity contribution in [2.75, 3.05) is 13.4 Å².